The van der Waals surface area contributed by atoms with Crippen LogP contribution in [0.25, 0.3) is 11.0 Å². The highest BCUT2D eigenvalue weighted by molar-refractivity contribution is 9.10. The van der Waals surface area contributed by atoms with Crippen molar-refractivity contribution >= 4 is 32.9 Å². The zero-order valence-corrected chi connectivity index (χ0v) is 19.6. The Balaban J connectivity index is 1.69. The highest BCUT2D eigenvalue weighted by atomic mass is 79.9. The number of halogens is 2. The molecule has 1 aliphatic rings. The summed E-state index contributed by atoms with van der Waals surface area (Å²) in [7, 11) is 0. The summed E-state index contributed by atoms with van der Waals surface area (Å²) in [5.41, 5.74) is 2.30. The number of rotatable bonds is 8. The van der Waals surface area contributed by atoms with Crippen molar-refractivity contribution < 1.29 is 9.18 Å². The summed E-state index contributed by atoms with van der Waals surface area (Å²) in [5.74, 6) is 0.584. The standard InChI is InChI=1S/C25H29BrFN3O/c1-2-3-6-14-29(25(31)18-8-7-9-19(26)15-18)17-24-28-22-16-20(27)12-13-23(22)30(24)21-10-4-5-11-21/h7-9,12-13,15-16,21H,2-6,10-11,14,17H2,1H3. The van der Waals surface area contributed by atoms with Gasteiger partial charge in [0.05, 0.1) is 17.6 Å². The second-order valence-corrected chi connectivity index (χ2v) is 9.33. The van der Waals surface area contributed by atoms with E-state index in [2.05, 4.69) is 27.4 Å². The highest BCUT2D eigenvalue weighted by Crippen LogP contribution is 2.34. The van der Waals surface area contributed by atoms with E-state index in [9.17, 15) is 9.18 Å². The van der Waals surface area contributed by atoms with Crippen LogP contribution in [0.15, 0.2) is 46.9 Å². The minimum absolute atomic E-state index is 0.00797. The van der Waals surface area contributed by atoms with E-state index in [0.29, 0.717) is 30.2 Å². The number of unbranched alkanes of at least 4 members (excludes halogenated alkanes) is 2. The molecule has 1 aromatic heterocycles. The molecule has 0 unspecified atom stereocenters. The maximum atomic E-state index is 13.9. The fraction of sp³-hybridized carbons (Fsp3) is 0.440. The van der Waals surface area contributed by atoms with Gasteiger partial charge in [0.1, 0.15) is 11.6 Å². The molecule has 164 valence electrons. The number of amides is 1. The predicted molar refractivity (Wildman–Crippen MR) is 126 cm³/mol. The summed E-state index contributed by atoms with van der Waals surface area (Å²) in [4.78, 5) is 20.1. The summed E-state index contributed by atoms with van der Waals surface area (Å²) in [6.45, 7) is 3.28. The summed E-state index contributed by atoms with van der Waals surface area (Å²) >= 11 is 3.47. The fourth-order valence-electron chi connectivity index (χ4n) is 4.58. The Hall–Kier alpha value is -2.21. The van der Waals surface area contributed by atoms with Crippen molar-refractivity contribution in [1.82, 2.24) is 14.5 Å². The van der Waals surface area contributed by atoms with Gasteiger partial charge in [-0.25, -0.2) is 9.37 Å². The molecule has 6 heteroatoms. The molecule has 0 radical (unpaired) electrons. The molecule has 4 rings (SSSR count). The number of carbonyl (C=O) groups is 1. The molecular formula is C25H29BrFN3O. The third-order valence-corrected chi connectivity index (χ3v) is 6.63. The van der Waals surface area contributed by atoms with Crippen molar-refractivity contribution in [3.05, 3.63) is 64.1 Å². The number of imidazole rings is 1. The van der Waals surface area contributed by atoms with Gasteiger partial charge in [-0.05, 0) is 49.6 Å². The smallest absolute Gasteiger partial charge is 0.254 e. The van der Waals surface area contributed by atoms with Crippen molar-refractivity contribution in [3.8, 4) is 0 Å². The predicted octanol–water partition coefficient (Wildman–Crippen LogP) is 6.89. The molecule has 1 amide bonds. The Labute approximate surface area is 191 Å². The van der Waals surface area contributed by atoms with Crippen LogP contribution < -0.4 is 0 Å². The van der Waals surface area contributed by atoms with Gasteiger partial charge in [0, 0.05) is 28.7 Å². The lowest BCUT2D eigenvalue weighted by Gasteiger charge is -2.25. The monoisotopic (exact) mass is 485 g/mol. The number of benzene rings is 2. The number of carbonyl (C=O) groups excluding carboxylic acids is 1. The number of hydrogen-bond donors (Lipinski definition) is 0. The molecule has 1 saturated carbocycles. The average Bonchev–Trinajstić information content (AvgIpc) is 3.39. The van der Waals surface area contributed by atoms with E-state index >= 15 is 0 Å². The average molecular weight is 486 g/mol. The van der Waals surface area contributed by atoms with Crippen LogP contribution in [-0.2, 0) is 6.54 Å². The lowest BCUT2D eigenvalue weighted by Crippen LogP contribution is -2.33. The molecule has 0 bridgehead atoms. The van der Waals surface area contributed by atoms with Crippen LogP contribution in [0, 0.1) is 5.82 Å². The van der Waals surface area contributed by atoms with Crippen LogP contribution in [-0.4, -0.2) is 26.9 Å². The molecule has 0 N–H and O–H groups in total. The molecular weight excluding hydrogens is 457 g/mol. The van der Waals surface area contributed by atoms with E-state index in [-0.39, 0.29) is 11.7 Å². The van der Waals surface area contributed by atoms with Gasteiger partial charge in [-0.3, -0.25) is 4.79 Å². The second-order valence-electron chi connectivity index (χ2n) is 8.41. The van der Waals surface area contributed by atoms with E-state index in [1.807, 2.05) is 35.2 Å². The maximum Gasteiger partial charge on any atom is 0.254 e. The van der Waals surface area contributed by atoms with E-state index in [1.54, 1.807) is 0 Å². The molecule has 0 aliphatic heterocycles. The molecule has 3 aromatic rings. The van der Waals surface area contributed by atoms with E-state index in [0.717, 1.165) is 47.9 Å². The SMILES string of the molecule is CCCCCN(Cc1nc2cc(F)ccc2n1C1CCCC1)C(=O)c1cccc(Br)c1. The highest BCUT2D eigenvalue weighted by Gasteiger charge is 2.25. The Morgan fingerprint density at radius 1 is 1.19 bits per heavy atom. The fourth-order valence-corrected chi connectivity index (χ4v) is 4.98. The van der Waals surface area contributed by atoms with Gasteiger partial charge in [0.2, 0.25) is 0 Å². The van der Waals surface area contributed by atoms with Crippen LogP contribution in [0.4, 0.5) is 4.39 Å². The lowest BCUT2D eigenvalue weighted by atomic mass is 10.1. The molecule has 0 spiro atoms. The van der Waals surface area contributed by atoms with Gasteiger partial charge < -0.3 is 9.47 Å². The van der Waals surface area contributed by atoms with Gasteiger partial charge >= 0.3 is 0 Å². The van der Waals surface area contributed by atoms with Crippen LogP contribution in [0.3, 0.4) is 0 Å². The third-order valence-electron chi connectivity index (χ3n) is 6.14. The van der Waals surface area contributed by atoms with Crippen molar-refractivity contribution in [3.63, 3.8) is 0 Å². The summed E-state index contributed by atoms with van der Waals surface area (Å²) < 4.78 is 17.0. The van der Waals surface area contributed by atoms with Crippen LogP contribution in [0.1, 0.15) is 74.1 Å². The molecule has 1 fully saturated rings. The summed E-state index contributed by atoms with van der Waals surface area (Å²) in [5, 5.41) is 0. The minimum atomic E-state index is -0.278. The number of fused-ring (bicyclic) bond motifs is 1. The Kier molecular flexibility index (Phi) is 7.06. The van der Waals surface area contributed by atoms with Crippen molar-refractivity contribution in [1.29, 1.82) is 0 Å². The molecule has 0 saturated heterocycles. The van der Waals surface area contributed by atoms with E-state index in [4.69, 9.17) is 4.98 Å². The third kappa shape index (κ3) is 5.00. The first-order chi connectivity index (χ1) is 15.1. The number of aromatic nitrogens is 2. The maximum absolute atomic E-state index is 13.9. The number of nitrogens with zero attached hydrogens (tertiary/aromatic N) is 3. The summed E-state index contributed by atoms with van der Waals surface area (Å²) in [6, 6.07) is 12.7. The van der Waals surface area contributed by atoms with E-state index in [1.165, 1.54) is 25.0 Å². The molecule has 0 atom stereocenters. The van der Waals surface area contributed by atoms with Gasteiger partial charge in [-0.15, -0.1) is 0 Å². The van der Waals surface area contributed by atoms with Gasteiger partial charge in [0.25, 0.3) is 5.91 Å². The van der Waals surface area contributed by atoms with Gasteiger partial charge in [-0.1, -0.05) is 54.6 Å². The van der Waals surface area contributed by atoms with Gasteiger partial charge in [-0.2, -0.15) is 0 Å². The van der Waals surface area contributed by atoms with Crippen molar-refractivity contribution in [2.75, 3.05) is 6.54 Å². The van der Waals surface area contributed by atoms with Crippen molar-refractivity contribution in [2.24, 2.45) is 0 Å². The molecule has 2 aromatic carbocycles. The quantitative estimate of drug-likeness (QED) is 0.326. The zero-order chi connectivity index (χ0) is 21.8. The first-order valence-electron chi connectivity index (χ1n) is 11.3. The normalized spacial score (nSPS) is 14.4. The Morgan fingerprint density at radius 3 is 2.74 bits per heavy atom. The first-order valence-corrected chi connectivity index (χ1v) is 12.1. The Bertz CT molecular complexity index is 1060. The molecule has 4 nitrogen and oxygen atoms in total. The molecule has 1 heterocycles. The second kappa shape index (κ2) is 9.94. The van der Waals surface area contributed by atoms with Crippen molar-refractivity contribution in [2.45, 2.75) is 64.5 Å². The molecule has 1 aliphatic carbocycles. The topological polar surface area (TPSA) is 38.1 Å². The minimum Gasteiger partial charge on any atom is -0.331 e. The van der Waals surface area contributed by atoms with Crippen LogP contribution in [0.2, 0.25) is 0 Å². The van der Waals surface area contributed by atoms with Gasteiger partial charge in [0.15, 0.2) is 0 Å². The lowest BCUT2D eigenvalue weighted by molar-refractivity contribution is 0.0733. The largest absolute Gasteiger partial charge is 0.331 e. The van der Waals surface area contributed by atoms with E-state index < -0.39 is 0 Å². The summed E-state index contributed by atoms with van der Waals surface area (Å²) in [6.07, 6.45) is 7.72. The molecule has 31 heavy (non-hydrogen) atoms. The van der Waals surface area contributed by atoms with Crippen LogP contribution >= 0.6 is 15.9 Å². The van der Waals surface area contributed by atoms with Crippen LogP contribution in [0.5, 0.6) is 0 Å². The Morgan fingerprint density at radius 2 is 2.00 bits per heavy atom. The zero-order valence-electron chi connectivity index (χ0n) is 18.0. The number of hydrogen-bond acceptors (Lipinski definition) is 2. The first kappa shape index (κ1) is 22.0.